The van der Waals surface area contributed by atoms with E-state index in [1.165, 1.54) is 22.0 Å². The zero-order valence-electron chi connectivity index (χ0n) is 27.8. The number of hydrogen-bond acceptors (Lipinski definition) is 4. The van der Waals surface area contributed by atoms with Crippen LogP contribution in [-0.2, 0) is 19.6 Å². The third-order valence-corrected chi connectivity index (χ3v) is 9.55. The lowest BCUT2D eigenvalue weighted by Gasteiger charge is -2.30. The number of anilines is 1. The van der Waals surface area contributed by atoms with Gasteiger partial charge >= 0.3 is 11.7 Å². The van der Waals surface area contributed by atoms with E-state index < -0.39 is 29.4 Å². The van der Waals surface area contributed by atoms with E-state index in [0.717, 1.165) is 32.7 Å². The third-order valence-electron chi connectivity index (χ3n) is 8.25. The van der Waals surface area contributed by atoms with E-state index in [1.54, 1.807) is 42.5 Å². The number of hydrogen-bond donors (Lipinski definition) is 2. The second kappa shape index (κ2) is 15.5. The molecule has 0 saturated carbocycles. The van der Waals surface area contributed by atoms with E-state index in [0.29, 0.717) is 51.3 Å². The van der Waals surface area contributed by atoms with Crippen molar-refractivity contribution in [1.82, 2.24) is 14.5 Å². The largest absolute Gasteiger partial charge is 1.00 e. The maximum Gasteiger partial charge on any atom is 0.337 e. The summed E-state index contributed by atoms with van der Waals surface area (Å²) in [7, 11) is 4.14. The molecule has 2 heterocycles. The number of fused-ring (bicyclic) bond motifs is 1. The Balaban J connectivity index is 0.00000486. The number of carbonyl (C=O) groups is 1. The first-order valence-corrected chi connectivity index (χ1v) is 16.7. The normalized spacial score (nSPS) is 11.3. The molecule has 2 aromatic heterocycles. The topological polar surface area (TPSA) is 85.1 Å². The Bertz CT molecular complexity index is 2230. The molecule has 0 bridgehead atoms. The number of aromatic nitrogens is 2. The molecule has 2 amide bonds. The van der Waals surface area contributed by atoms with Crippen molar-refractivity contribution >= 4 is 33.3 Å². The van der Waals surface area contributed by atoms with Crippen LogP contribution in [0.2, 0.25) is 0 Å². The van der Waals surface area contributed by atoms with Gasteiger partial charge < -0.3 is 39.1 Å². The van der Waals surface area contributed by atoms with E-state index in [1.807, 2.05) is 37.3 Å². The molecule has 0 spiro atoms. The third kappa shape index (κ3) is 7.72. The van der Waals surface area contributed by atoms with Crippen LogP contribution in [0.1, 0.15) is 23.6 Å². The van der Waals surface area contributed by atoms with Crippen molar-refractivity contribution in [3.8, 4) is 16.1 Å². The fourth-order valence-electron chi connectivity index (χ4n) is 6.04. The minimum absolute atomic E-state index is 0. The number of quaternary nitrogens is 1. The van der Waals surface area contributed by atoms with Crippen molar-refractivity contribution < 1.29 is 42.0 Å². The first kappa shape index (κ1) is 36.6. The van der Waals surface area contributed by atoms with Gasteiger partial charge in [0.05, 0.1) is 31.7 Å². The number of amides is 2. The summed E-state index contributed by atoms with van der Waals surface area (Å²) < 4.78 is 33.0. The predicted molar refractivity (Wildman–Crippen MR) is 191 cm³/mol. The second-order valence-corrected chi connectivity index (χ2v) is 13.4. The molecule has 0 aliphatic heterocycles. The molecule has 258 valence electrons. The van der Waals surface area contributed by atoms with Crippen LogP contribution in [0, 0.1) is 11.6 Å². The number of urea groups is 1. The molecule has 6 aromatic rings. The highest BCUT2D eigenvalue weighted by atomic mass is 127. The second-order valence-electron chi connectivity index (χ2n) is 12.4. The van der Waals surface area contributed by atoms with Crippen LogP contribution in [0.4, 0.5) is 19.3 Å². The molecule has 0 fully saturated rings. The predicted octanol–water partition coefficient (Wildman–Crippen LogP) is 4.13. The molecule has 0 atom stereocenters. The van der Waals surface area contributed by atoms with Gasteiger partial charge in [-0.25, -0.2) is 22.9 Å². The van der Waals surface area contributed by atoms with E-state index in [9.17, 15) is 14.4 Å². The fraction of sp³-hybridized carbons (Fsp3) is 0.184. The minimum atomic E-state index is -0.787. The van der Waals surface area contributed by atoms with Gasteiger partial charge in [0, 0.05) is 33.8 Å². The van der Waals surface area contributed by atoms with Crippen LogP contribution < -0.4 is 45.9 Å². The smallest absolute Gasteiger partial charge is 0.337 e. The number of thiophene rings is 1. The van der Waals surface area contributed by atoms with Gasteiger partial charge in [-0.2, -0.15) is 0 Å². The Hall–Kier alpha value is -4.66. The Morgan fingerprint density at radius 3 is 2.04 bits per heavy atom. The summed E-state index contributed by atoms with van der Waals surface area (Å²) in [5.74, 6) is -1.57. The first-order chi connectivity index (χ1) is 23.6. The lowest BCUT2D eigenvalue weighted by Crippen LogP contribution is -3.00. The molecule has 4 aromatic carbocycles. The van der Waals surface area contributed by atoms with E-state index in [-0.39, 0.29) is 35.6 Å². The molecule has 0 aliphatic rings. The molecule has 6 rings (SSSR count). The summed E-state index contributed by atoms with van der Waals surface area (Å²) >= 11 is 1.24. The van der Waals surface area contributed by atoms with Gasteiger partial charge in [-0.15, -0.1) is 11.3 Å². The van der Waals surface area contributed by atoms with Gasteiger partial charge in [-0.05, 0) is 48.9 Å². The molecule has 50 heavy (non-hydrogen) atoms. The molecule has 8 nitrogen and oxygen atoms in total. The lowest BCUT2D eigenvalue weighted by atomic mass is 10.0. The van der Waals surface area contributed by atoms with Crippen molar-refractivity contribution in [3.63, 3.8) is 0 Å². The highest BCUT2D eigenvalue weighted by Gasteiger charge is 2.29. The van der Waals surface area contributed by atoms with Gasteiger partial charge in [-0.3, -0.25) is 9.36 Å². The summed E-state index contributed by atoms with van der Waals surface area (Å²) in [6, 6.07) is 29.1. The van der Waals surface area contributed by atoms with Crippen LogP contribution in [0.25, 0.3) is 26.3 Å². The molecule has 0 radical (unpaired) electrons. The van der Waals surface area contributed by atoms with Gasteiger partial charge in [0.1, 0.15) is 29.6 Å². The van der Waals surface area contributed by atoms with Crippen LogP contribution in [-0.4, -0.2) is 40.3 Å². The van der Waals surface area contributed by atoms with Gasteiger partial charge in [0.25, 0.3) is 5.56 Å². The van der Waals surface area contributed by atoms with Crippen molar-refractivity contribution in [2.75, 3.05) is 26.0 Å². The zero-order chi connectivity index (χ0) is 34.7. The molecule has 0 saturated heterocycles. The molecule has 2 N–H and O–H groups in total. The quantitative estimate of drug-likeness (QED) is 0.162. The summed E-state index contributed by atoms with van der Waals surface area (Å²) in [4.78, 5) is 42.0. The van der Waals surface area contributed by atoms with Crippen molar-refractivity contribution in [1.29, 1.82) is 0 Å². The molecular formula is C38H36F2IN5O3S. The van der Waals surface area contributed by atoms with Crippen molar-refractivity contribution in [3.05, 3.63) is 152 Å². The van der Waals surface area contributed by atoms with E-state index >= 15 is 8.78 Å². The summed E-state index contributed by atoms with van der Waals surface area (Å²) in [6.45, 7) is 2.94. The average molecular weight is 808 g/mol. The molecule has 0 unspecified atom stereocenters. The zero-order valence-corrected chi connectivity index (χ0v) is 30.7. The Morgan fingerprint density at radius 2 is 1.42 bits per heavy atom. The van der Waals surface area contributed by atoms with Gasteiger partial charge in [0.2, 0.25) is 0 Å². The van der Waals surface area contributed by atoms with Crippen LogP contribution >= 0.6 is 11.3 Å². The number of benzene rings is 4. The van der Waals surface area contributed by atoms with Crippen LogP contribution in [0.15, 0.2) is 113 Å². The van der Waals surface area contributed by atoms with Crippen molar-refractivity contribution in [2.45, 2.75) is 26.6 Å². The van der Waals surface area contributed by atoms with E-state index in [4.69, 9.17) is 0 Å². The number of nitrogens with zero attached hydrogens (tertiary/aromatic N) is 3. The monoisotopic (exact) mass is 807 g/mol. The average Bonchev–Trinajstić information content (AvgIpc) is 3.43. The maximum atomic E-state index is 15.1. The fourth-order valence-corrected chi connectivity index (χ4v) is 7.34. The Kier molecular flexibility index (Phi) is 11.3. The number of rotatable bonds is 10. The molecule has 0 aliphatic carbocycles. The Labute approximate surface area is 309 Å². The maximum absolute atomic E-state index is 15.1. The number of nitrogens with one attached hydrogen (secondary N) is 2. The summed E-state index contributed by atoms with van der Waals surface area (Å²) in [5, 5.41) is 5.81. The summed E-state index contributed by atoms with van der Waals surface area (Å²) in [5.41, 5.74) is 2.02. The Morgan fingerprint density at radius 1 is 0.800 bits per heavy atom. The summed E-state index contributed by atoms with van der Waals surface area (Å²) in [6.07, 6.45) is 0. The highest BCUT2D eigenvalue weighted by Crippen LogP contribution is 2.39. The number of carbonyl (C=O) groups excluding carboxylic acids is 1. The lowest BCUT2D eigenvalue weighted by molar-refractivity contribution is -0.916. The van der Waals surface area contributed by atoms with Gasteiger partial charge in [0.15, 0.2) is 0 Å². The number of para-hydroxylation sites is 1. The SMILES string of the molecule is CCNC(=O)Nc1ccc(-c2sc3c(c2C[N+](C)(C)Cc2ccccc2)c(=O)n(-c2ccccc2)c(=O)n3Cc2c(F)cccc2F)cc1.[I-]. The van der Waals surface area contributed by atoms with Crippen LogP contribution in [0.3, 0.4) is 0 Å². The number of halogens is 3. The molecular weight excluding hydrogens is 771 g/mol. The van der Waals surface area contributed by atoms with E-state index in [2.05, 4.69) is 36.9 Å². The van der Waals surface area contributed by atoms with Gasteiger partial charge in [-0.1, -0.05) is 66.7 Å². The van der Waals surface area contributed by atoms with Crippen molar-refractivity contribution in [2.24, 2.45) is 0 Å². The minimum Gasteiger partial charge on any atom is -1.00 e. The van der Waals surface area contributed by atoms with Crippen LogP contribution in [0.5, 0.6) is 0 Å². The molecule has 12 heteroatoms. The highest BCUT2D eigenvalue weighted by molar-refractivity contribution is 7.22. The standard InChI is InChI=1S/C38H35F2N5O3S.HI/c1-4-41-37(47)42-27-20-18-26(19-21-27)34-30(24-45(2,3)23-25-12-7-5-8-13-25)33-35(46)44(28-14-9-6-10-15-28)38(48)43(36(33)49-34)22-29-31(39)16-11-17-32(29)40;/h5-21H,4,22-24H2,1-3H3,(H-,41,42,47);1H. The first-order valence-electron chi connectivity index (χ1n) is 15.9.